The van der Waals surface area contributed by atoms with Crippen LogP contribution < -0.4 is 9.47 Å². The molecular formula is C25H18Cl2N2O2S2. The first kappa shape index (κ1) is 23.5. The third-order valence-electron chi connectivity index (χ3n) is 4.51. The molecule has 33 heavy (non-hydrogen) atoms. The molecule has 0 N–H and O–H groups in total. The molecular weight excluding hydrogens is 495 g/mol. The fourth-order valence-electron chi connectivity index (χ4n) is 3.04. The summed E-state index contributed by atoms with van der Waals surface area (Å²) in [6.07, 6.45) is 1.77. The van der Waals surface area contributed by atoms with Crippen molar-refractivity contribution in [1.29, 1.82) is 5.26 Å². The fourth-order valence-corrected chi connectivity index (χ4v) is 5.41. The molecule has 4 rings (SSSR count). The number of benzene rings is 3. The molecule has 0 saturated heterocycles. The number of hydrogen-bond donors (Lipinski definition) is 0. The van der Waals surface area contributed by atoms with Crippen molar-refractivity contribution in [3.05, 3.63) is 86.7 Å². The number of nitrogens with zero attached hydrogens (tertiary/aromatic N) is 2. The van der Waals surface area contributed by atoms with Gasteiger partial charge in [-0.1, -0.05) is 47.5 Å². The van der Waals surface area contributed by atoms with Crippen LogP contribution in [0.3, 0.4) is 0 Å². The monoisotopic (exact) mass is 512 g/mol. The molecule has 0 bridgehead atoms. The Morgan fingerprint density at radius 2 is 1.91 bits per heavy atom. The Morgan fingerprint density at radius 1 is 1.12 bits per heavy atom. The number of ether oxygens (including phenoxy) is 2. The average Bonchev–Trinajstić information content (AvgIpc) is 3.22. The summed E-state index contributed by atoms with van der Waals surface area (Å²) in [5.41, 5.74) is 2.62. The maximum atomic E-state index is 9.69. The minimum Gasteiger partial charge on any atom is -0.490 e. The van der Waals surface area contributed by atoms with Crippen molar-refractivity contribution in [1.82, 2.24) is 4.98 Å². The molecule has 0 spiro atoms. The van der Waals surface area contributed by atoms with Crippen LogP contribution in [0.2, 0.25) is 10.0 Å². The molecule has 1 aromatic heterocycles. The van der Waals surface area contributed by atoms with Gasteiger partial charge in [0.25, 0.3) is 0 Å². The largest absolute Gasteiger partial charge is 0.490 e. The SMILES string of the molecule is CCOc1cc(/C=C(\C#N)Sc2nc3ccccc3s2)cc(Cl)c1OCc1ccc(Cl)cc1. The number of aromatic nitrogens is 1. The van der Waals surface area contributed by atoms with Gasteiger partial charge >= 0.3 is 0 Å². The second-order valence-electron chi connectivity index (χ2n) is 6.85. The summed E-state index contributed by atoms with van der Waals surface area (Å²) in [7, 11) is 0. The van der Waals surface area contributed by atoms with E-state index in [0.717, 1.165) is 25.7 Å². The van der Waals surface area contributed by atoms with Crippen LogP contribution in [0.25, 0.3) is 16.3 Å². The van der Waals surface area contributed by atoms with Gasteiger partial charge in [0, 0.05) is 5.02 Å². The molecule has 0 fully saturated rings. The van der Waals surface area contributed by atoms with Gasteiger partial charge in [-0.3, -0.25) is 0 Å². The molecule has 4 nitrogen and oxygen atoms in total. The molecule has 0 radical (unpaired) electrons. The maximum absolute atomic E-state index is 9.69. The van der Waals surface area contributed by atoms with Crippen molar-refractivity contribution in [3.8, 4) is 17.6 Å². The number of para-hydroxylation sites is 1. The molecule has 0 saturated carbocycles. The lowest BCUT2D eigenvalue weighted by Gasteiger charge is -2.15. The summed E-state index contributed by atoms with van der Waals surface area (Å²) in [6.45, 7) is 2.67. The molecule has 0 amide bonds. The van der Waals surface area contributed by atoms with Crippen LogP contribution in [0.4, 0.5) is 0 Å². The van der Waals surface area contributed by atoms with Gasteiger partial charge in [0.1, 0.15) is 12.7 Å². The predicted octanol–water partition coefficient (Wildman–Crippen LogP) is 8.24. The van der Waals surface area contributed by atoms with Gasteiger partial charge in [-0.25, -0.2) is 4.98 Å². The first-order valence-corrected chi connectivity index (χ1v) is 12.4. The van der Waals surface area contributed by atoms with Crippen molar-refractivity contribution in [2.75, 3.05) is 6.61 Å². The molecule has 8 heteroatoms. The zero-order chi connectivity index (χ0) is 23.2. The highest BCUT2D eigenvalue weighted by Crippen LogP contribution is 2.39. The van der Waals surface area contributed by atoms with E-state index in [-0.39, 0.29) is 0 Å². The number of rotatable bonds is 8. The van der Waals surface area contributed by atoms with Crippen molar-refractivity contribution >= 4 is 62.6 Å². The highest BCUT2D eigenvalue weighted by atomic mass is 35.5. The number of thioether (sulfide) groups is 1. The lowest BCUT2D eigenvalue weighted by Crippen LogP contribution is -2.01. The van der Waals surface area contributed by atoms with Crippen LogP contribution in [-0.4, -0.2) is 11.6 Å². The third kappa shape index (κ3) is 6.01. The summed E-state index contributed by atoms with van der Waals surface area (Å²) < 4.78 is 13.6. The smallest absolute Gasteiger partial charge is 0.180 e. The van der Waals surface area contributed by atoms with E-state index in [1.807, 2.05) is 61.5 Å². The van der Waals surface area contributed by atoms with E-state index in [4.69, 9.17) is 32.7 Å². The van der Waals surface area contributed by atoms with Crippen molar-refractivity contribution < 1.29 is 9.47 Å². The molecule has 4 aromatic rings. The molecule has 0 atom stereocenters. The lowest BCUT2D eigenvalue weighted by molar-refractivity contribution is 0.269. The molecule has 0 aliphatic heterocycles. The molecule has 166 valence electrons. The minimum absolute atomic E-state index is 0.322. The number of halogens is 2. The lowest BCUT2D eigenvalue weighted by atomic mass is 10.2. The second-order valence-corrected chi connectivity index (χ2v) is 10.0. The minimum atomic E-state index is 0.322. The van der Waals surface area contributed by atoms with Crippen molar-refractivity contribution in [2.24, 2.45) is 0 Å². The Hall–Kier alpha value is -2.69. The highest BCUT2D eigenvalue weighted by Gasteiger charge is 2.14. The standard InChI is InChI=1S/C25H18Cl2N2O2S2/c1-2-30-22-13-17(12-20(27)24(22)31-15-16-7-9-18(26)10-8-16)11-19(14-28)32-25-29-21-5-3-4-6-23(21)33-25/h3-13H,2,15H2,1H3/b19-11+. The van der Waals surface area contributed by atoms with E-state index in [9.17, 15) is 5.26 Å². The molecule has 1 heterocycles. The summed E-state index contributed by atoms with van der Waals surface area (Å²) in [4.78, 5) is 5.09. The Morgan fingerprint density at radius 3 is 2.64 bits per heavy atom. The summed E-state index contributed by atoms with van der Waals surface area (Å²) in [5, 5.41) is 10.8. The zero-order valence-electron chi connectivity index (χ0n) is 17.5. The fraction of sp³-hybridized carbons (Fsp3) is 0.120. The van der Waals surface area contributed by atoms with E-state index in [2.05, 4.69) is 11.1 Å². The van der Waals surface area contributed by atoms with Crippen LogP contribution in [-0.2, 0) is 6.61 Å². The topological polar surface area (TPSA) is 55.1 Å². The first-order chi connectivity index (χ1) is 16.1. The Bertz CT molecular complexity index is 1310. The van der Waals surface area contributed by atoms with Gasteiger partial charge in [0.2, 0.25) is 0 Å². The molecule has 3 aromatic carbocycles. The predicted molar refractivity (Wildman–Crippen MR) is 137 cm³/mol. The summed E-state index contributed by atoms with van der Waals surface area (Å²) in [5.74, 6) is 0.982. The third-order valence-corrected chi connectivity index (χ3v) is 7.07. The van der Waals surface area contributed by atoms with Crippen LogP contribution in [0, 0.1) is 11.3 Å². The van der Waals surface area contributed by atoms with Gasteiger partial charge < -0.3 is 9.47 Å². The summed E-state index contributed by atoms with van der Waals surface area (Å²) >= 11 is 15.4. The van der Waals surface area contributed by atoms with E-state index < -0.39 is 0 Å². The van der Waals surface area contributed by atoms with Crippen LogP contribution >= 0.6 is 46.3 Å². The Balaban J connectivity index is 1.57. The van der Waals surface area contributed by atoms with E-state index >= 15 is 0 Å². The number of hydrogen-bond acceptors (Lipinski definition) is 6. The van der Waals surface area contributed by atoms with E-state index in [1.54, 1.807) is 23.5 Å². The first-order valence-electron chi connectivity index (χ1n) is 10.0. The molecule has 0 aliphatic rings. The van der Waals surface area contributed by atoms with Crippen molar-refractivity contribution in [3.63, 3.8) is 0 Å². The van der Waals surface area contributed by atoms with Gasteiger partial charge in [-0.05, 0) is 72.3 Å². The second kappa shape index (κ2) is 11.0. The van der Waals surface area contributed by atoms with Crippen LogP contribution in [0.15, 0.2) is 69.9 Å². The maximum Gasteiger partial charge on any atom is 0.180 e. The summed E-state index contributed by atoms with van der Waals surface area (Å²) in [6, 6.07) is 21.1. The molecule has 0 unspecified atom stereocenters. The zero-order valence-corrected chi connectivity index (χ0v) is 20.7. The van der Waals surface area contributed by atoms with Gasteiger partial charge in [0.15, 0.2) is 15.8 Å². The van der Waals surface area contributed by atoms with Gasteiger partial charge in [-0.2, -0.15) is 5.26 Å². The number of nitriles is 1. The average molecular weight is 513 g/mol. The van der Waals surface area contributed by atoms with Gasteiger partial charge in [0.05, 0.1) is 26.8 Å². The van der Waals surface area contributed by atoms with Crippen molar-refractivity contribution in [2.45, 2.75) is 17.9 Å². The number of allylic oxidation sites excluding steroid dienone is 1. The van der Waals surface area contributed by atoms with E-state index in [1.165, 1.54) is 11.8 Å². The van der Waals surface area contributed by atoms with Gasteiger partial charge in [-0.15, -0.1) is 11.3 Å². The number of fused-ring (bicyclic) bond motifs is 1. The normalized spacial score (nSPS) is 11.4. The Kier molecular flexibility index (Phi) is 7.79. The Labute approximate surface area is 210 Å². The highest BCUT2D eigenvalue weighted by molar-refractivity contribution is 8.05. The molecule has 0 aliphatic carbocycles. The van der Waals surface area contributed by atoms with Crippen LogP contribution in [0.1, 0.15) is 18.1 Å². The van der Waals surface area contributed by atoms with Crippen LogP contribution in [0.5, 0.6) is 11.5 Å². The number of thiazole rings is 1. The quantitative estimate of drug-likeness (QED) is 0.175. The van der Waals surface area contributed by atoms with E-state index in [0.29, 0.717) is 39.7 Å².